The Kier molecular flexibility index (Phi) is 3.12. The van der Waals surface area contributed by atoms with E-state index in [1.54, 1.807) is 0 Å². The highest BCUT2D eigenvalue weighted by atomic mass is 127. The van der Waals surface area contributed by atoms with E-state index >= 15 is 0 Å². The number of carbonyl (C=O) groups is 1. The lowest BCUT2D eigenvalue weighted by Crippen LogP contribution is -2.54. The zero-order chi connectivity index (χ0) is 11.1. The van der Waals surface area contributed by atoms with Crippen LogP contribution in [0.4, 0.5) is 26.3 Å². The number of halogens is 7. The molecule has 0 saturated carbocycles. The maximum Gasteiger partial charge on any atom is 0.438 e. The summed E-state index contributed by atoms with van der Waals surface area (Å²) in [7, 11) is 0. The Morgan fingerprint density at radius 3 is 1.46 bits per heavy atom. The van der Waals surface area contributed by atoms with Crippen molar-refractivity contribution in [2.75, 3.05) is 0 Å². The molecule has 0 fully saturated rings. The van der Waals surface area contributed by atoms with Crippen LogP contribution < -0.4 is 0 Å². The second-order valence-electron chi connectivity index (χ2n) is 1.95. The van der Waals surface area contributed by atoms with Gasteiger partial charge in [0, 0.05) is 0 Å². The summed E-state index contributed by atoms with van der Waals surface area (Å²) >= 11 is -0.282. The summed E-state index contributed by atoms with van der Waals surface area (Å²) in [5, 5.41) is 7.65. The van der Waals surface area contributed by atoms with Crippen molar-refractivity contribution in [3.63, 3.8) is 0 Å². The van der Waals surface area contributed by atoms with Crippen molar-refractivity contribution in [3.05, 3.63) is 0 Å². The van der Waals surface area contributed by atoms with E-state index in [4.69, 9.17) is 5.11 Å². The van der Waals surface area contributed by atoms with E-state index in [-0.39, 0.29) is 22.6 Å². The van der Waals surface area contributed by atoms with E-state index in [2.05, 4.69) is 0 Å². The molecule has 0 aliphatic rings. The van der Waals surface area contributed by atoms with Gasteiger partial charge in [0.25, 0.3) is 0 Å². The van der Waals surface area contributed by atoms with Crippen LogP contribution in [0.1, 0.15) is 0 Å². The standard InChI is InChI=1S/C4HF6IO2/c5-2(6,1(12)13)3(7,11)4(8,9)10/h(H,12,13). The van der Waals surface area contributed by atoms with Crippen molar-refractivity contribution in [2.24, 2.45) is 0 Å². The molecule has 78 valence electrons. The van der Waals surface area contributed by atoms with Crippen molar-refractivity contribution in [2.45, 2.75) is 15.8 Å². The van der Waals surface area contributed by atoms with Gasteiger partial charge in [0.2, 0.25) is 0 Å². The minimum absolute atomic E-state index is 0.282. The normalized spacial score (nSPS) is 18.1. The molecular formula is C4HF6IO2. The molecule has 1 unspecified atom stereocenters. The van der Waals surface area contributed by atoms with Gasteiger partial charge in [0.15, 0.2) is 0 Å². The van der Waals surface area contributed by atoms with Crippen LogP contribution in [0.25, 0.3) is 0 Å². The molecule has 1 N–H and O–H groups in total. The first-order valence-corrected chi connectivity index (χ1v) is 3.58. The van der Waals surface area contributed by atoms with Crippen molar-refractivity contribution in [1.29, 1.82) is 0 Å². The molecule has 0 aliphatic heterocycles. The predicted molar refractivity (Wildman–Crippen MR) is 36.5 cm³/mol. The number of carboxylic acids is 1. The molecule has 0 aromatic heterocycles. The zero-order valence-corrected chi connectivity index (χ0v) is 7.66. The first kappa shape index (κ1) is 12.8. The van der Waals surface area contributed by atoms with E-state index < -0.39 is 21.7 Å². The average molecular weight is 322 g/mol. The van der Waals surface area contributed by atoms with Crippen molar-refractivity contribution in [3.8, 4) is 0 Å². The van der Waals surface area contributed by atoms with E-state index in [1.165, 1.54) is 0 Å². The van der Waals surface area contributed by atoms with Gasteiger partial charge in [-0.25, -0.2) is 9.18 Å². The minimum Gasteiger partial charge on any atom is -0.477 e. The lowest BCUT2D eigenvalue weighted by Gasteiger charge is -2.26. The van der Waals surface area contributed by atoms with Crippen molar-refractivity contribution in [1.82, 2.24) is 0 Å². The molecule has 0 saturated heterocycles. The van der Waals surface area contributed by atoms with Gasteiger partial charge in [-0.2, -0.15) is 22.0 Å². The van der Waals surface area contributed by atoms with Crippen LogP contribution in [0.15, 0.2) is 0 Å². The van der Waals surface area contributed by atoms with Crippen LogP contribution in [0.3, 0.4) is 0 Å². The summed E-state index contributed by atoms with van der Waals surface area (Å²) in [4.78, 5) is 9.62. The molecule has 0 aromatic rings. The number of alkyl halides is 7. The molecule has 0 heterocycles. The number of rotatable bonds is 2. The summed E-state index contributed by atoms with van der Waals surface area (Å²) in [5.41, 5.74) is 0. The molecule has 0 radical (unpaired) electrons. The molecule has 0 aliphatic carbocycles. The maximum atomic E-state index is 12.4. The second-order valence-corrected chi connectivity index (χ2v) is 3.44. The number of hydrogen-bond donors (Lipinski definition) is 1. The van der Waals surface area contributed by atoms with E-state index in [0.29, 0.717) is 0 Å². The third-order valence-corrected chi connectivity index (χ3v) is 2.31. The Morgan fingerprint density at radius 2 is 1.38 bits per heavy atom. The number of aliphatic carboxylic acids is 1. The predicted octanol–water partition coefficient (Wildman–Crippen LogP) is 2.37. The first-order valence-electron chi connectivity index (χ1n) is 2.50. The molecule has 1 atom stereocenters. The number of carboxylic acid groups (broad SMARTS) is 1. The summed E-state index contributed by atoms with van der Waals surface area (Å²) in [5.74, 6) is -8.67. The van der Waals surface area contributed by atoms with Gasteiger partial charge in [0.1, 0.15) is 0 Å². The Bertz CT molecular complexity index is 221. The molecule has 0 bridgehead atoms. The van der Waals surface area contributed by atoms with Crippen LogP contribution in [-0.4, -0.2) is 26.9 Å². The Morgan fingerprint density at radius 1 is 1.08 bits per heavy atom. The Labute approximate surface area is 81.0 Å². The van der Waals surface area contributed by atoms with E-state index in [1.807, 2.05) is 0 Å². The first-order chi connectivity index (χ1) is 5.44. The fourth-order valence-electron chi connectivity index (χ4n) is 0.312. The molecule has 2 nitrogen and oxygen atoms in total. The highest BCUT2D eigenvalue weighted by molar-refractivity contribution is 14.1. The number of hydrogen-bond acceptors (Lipinski definition) is 1. The third-order valence-electron chi connectivity index (χ3n) is 1.02. The summed E-state index contributed by atoms with van der Waals surface area (Å²) in [6, 6.07) is 0. The lowest BCUT2D eigenvalue weighted by molar-refractivity contribution is -0.254. The summed E-state index contributed by atoms with van der Waals surface area (Å²) in [6.07, 6.45) is -5.95. The van der Waals surface area contributed by atoms with Crippen LogP contribution >= 0.6 is 22.6 Å². The topological polar surface area (TPSA) is 37.3 Å². The molecule has 0 aromatic carbocycles. The highest BCUT2D eigenvalue weighted by Crippen LogP contribution is 2.50. The fourth-order valence-corrected chi connectivity index (χ4v) is 0.543. The highest BCUT2D eigenvalue weighted by Gasteiger charge is 2.73. The monoisotopic (exact) mass is 322 g/mol. The van der Waals surface area contributed by atoms with Gasteiger partial charge in [0.05, 0.1) is 0 Å². The fraction of sp³-hybridized carbons (Fsp3) is 0.750. The quantitative estimate of drug-likeness (QED) is 0.481. The van der Waals surface area contributed by atoms with Gasteiger partial charge >= 0.3 is 21.7 Å². The van der Waals surface area contributed by atoms with Gasteiger partial charge in [-0.3, -0.25) is 0 Å². The van der Waals surface area contributed by atoms with Crippen LogP contribution in [0, 0.1) is 0 Å². The van der Waals surface area contributed by atoms with Crippen LogP contribution in [0.2, 0.25) is 0 Å². The van der Waals surface area contributed by atoms with Crippen molar-refractivity contribution < 1.29 is 36.2 Å². The SMILES string of the molecule is O=C(O)C(F)(F)C(F)(I)C(F)(F)F. The molecule has 0 amide bonds. The summed E-state index contributed by atoms with van der Waals surface area (Å²) < 4.78 is 66.2. The van der Waals surface area contributed by atoms with E-state index in [9.17, 15) is 31.1 Å². The third kappa shape index (κ3) is 1.99. The van der Waals surface area contributed by atoms with Gasteiger partial charge in [-0.15, -0.1) is 0 Å². The van der Waals surface area contributed by atoms with Crippen LogP contribution in [0.5, 0.6) is 0 Å². The second kappa shape index (κ2) is 3.17. The van der Waals surface area contributed by atoms with Gasteiger partial charge < -0.3 is 5.11 Å². The molecule has 0 spiro atoms. The van der Waals surface area contributed by atoms with Crippen molar-refractivity contribution >= 4 is 28.6 Å². The Hall–Kier alpha value is -0.220. The smallest absolute Gasteiger partial charge is 0.438 e. The van der Waals surface area contributed by atoms with Crippen LogP contribution in [-0.2, 0) is 4.79 Å². The van der Waals surface area contributed by atoms with Gasteiger partial charge in [-0.1, -0.05) is 0 Å². The molecule has 9 heteroatoms. The largest absolute Gasteiger partial charge is 0.477 e. The lowest BCUT2D eigenvalue weighted by atomic mass is 10.2. The van der Waals surface area contributed by atoms with Gasteiger partial charge in [-0.05, 0) is 22.6 Å². The molecule has 0 rings (SSSR count). The molecule has 13 heavy (non-hydrogen) atoms. The average Bonchev–Trinajstić information content (AvgIpc) is 1.84. The minimum atomic E-state index is -5.95. The maximum absolute atomic E-state index is 12.4. The zero-order valence-electron chi connectivity index (χ0n) is 5.50. The van der Waals surface area contributed by atoms with E-state index in [0.717, 1.165) is 0 Å². The molecular weight excluding hydrogens is 321 g/mol. The summed E-state index contributed by atoms with van der Waals surface area (Å²) in [6.45, 7) is 0. The Balaban J connectivity index is 5.16.